The van der Waals surface area contributed by atoms with Crippen LogP contribution in [0.1, 0.15) is 22.3 Å². The Labute approximate surface area is 359 Å². The molecule has 1 atom stereocenters. The molecule has 62 heavy (non-hydrogen) atoms. The van der Waals surface area contributed by atoms with Crippen molar-refractivity contribution in [1.82, 2.24) is 19.5 Å². The van der Waals surface area contributed by atoms with Crippen molar-refractivity contribution in [2.75, 3.05) is 0 Å². The molecule has 2 aliphatic carbocycles. The van der Waals surface area contributed by atoms with Crippen LogP contribution in [0.2, 0.25) is 0 Å². The fourth-order valence-corrected chi connectivity index (χ4v) is 10.4. The Morgan fingerprint density at radius 1 is 0.290 bits per heavy atom. The zero-order valence-electron chi connectivity index (χ0n) is 33.6. The summed E-state index contributed by atoms with van der Waals surface area (Å²) in [6.07, 6.45) is 0. The van der Waals surface area contributed by atoms with E-state index >= 15 is 0 Å². The third-order valence-electron chi connectivity index (χ3n) is 13.1. The lowest BCUT2D eigenvalue weighted by atomic mass is 9.70. The molecule has 2 heterocycles. The zero-order valence-corrected chi connectivity index (χ0v) is 33.6. The minimum absolute atomic E-state index is 0.565. The van der Waals surface area contributed by atoms with Crippen molar-refractivity contribution in [3.8, 4) is 73.2 Å². The normalized spacial score (nSPS) is 14.5. The van der Waals surface area contributed by atoms with Gasteiger partial charge in [0.05, 0.1) is 16.4 Å². The summed E-state index contributed by atoms with van der Waals surface area (Å²) >= 11 is 0. The summed E-state index contributed by atoms with van der Waals surface area (Å²) in [7, 11) is 0. The molecular weight excluding hydrogens is 753 g/mol. The van der Waals surface area contributed by atoms with Crippen LogP contribution in [0.4, 0.5) is 0 Å². The van der Waals surface area contributed by atoms with E-state index in [0.29, 0.717) is 17.5 Å². The van der Waals surface area contributed by atoms with E-state index in [9.17, 15) is 0 Å². The number of hydrogen-bond donors (Lipinski definition) is 0. The summed E-state index contributed by atoms with van der Waals surface area (Å²) < 4.78 is 2.40. The lowest BCUT2D eigenvalue weighted by Gasteiger charge is -2.31. The van der Waals surface area contributed by atoms with Gasteiger partial charge in [-0.15, -0.1) is 0 Å². The van der Waals surface area contributed by atoms with Crippen molar-refractivity contribution in [3.05, 3.63) is 241 Å². The van der Waals surface area contributed by atoms with Crippen LogP contribution in [0.25, 0.3) is 95.0 Å². The van der Waals surface area contributed by atoms with E-state index in [0.717, 1.165) is 22.4 Å². The van der Waals surface area contributed by atoms with E-state index in [1.54, 1.807) is 0 Å². The third-order valence-corrected chi connectivity index (χ3v) is 13.1. The van der Waals surface area contributed by atoms with Gasteiger partial charge in [-0.1, -0.05) is 182 Å². The highest BCUT2D eigenvalue weighted by molar-refractivity contribution is 6.10. The summed E-state index contributed by atoms with van der Waals surface area (Å²) in [5.41, 5.74) is 18.3. The molecule has 0 saturated carbocycles. The summed E-state index contributed by atoms with van der Waals surface area (Å²) in [6.45, 7) is 0. The van der Waals surface area contributed by atoms with Gasteiger partial charge in [0.25, 0.3) is 0 Å². The Kier molecular flexibility index (Phi) is 7.49. The van der Waals surface area contributed by atoms with Crippen LogP contribution < -0.4 is 0 Å². The van der Waals surface area contributed by atoms with Crippen molar-refractivity contribution in [3.63, 3.8) is 0 Å². The Morgan fingerprint density at radius 2 is 0.726 bits per heavy atom. The number of rotatable bonds is 5. The van der Waals surface area contributed by atoms with Gasteiger partial charge in [-0.05, 0) is 92.0 Å². The molecule has 11 aromatic rings. The third kappa shape index (κ3) is 4.98. The van der Waals surface area contributed by atoms with Crippen LogP contribution >= 0.6 is 0 Å². The van der Waals surface area contributed by atoms with Gasteiger partial charge in [-0.25, -0.2) is 15.0 Å². The summed E-state index contributed by atoms with van der Waals surface area (Å²) in [5, 5.41) is 2.50. The fourth-order valence-electron chi connectivity index (χ4n) is 10.4. The summed E-state index contributed by atoms with van der Waals surface area (Å²) in [4.78, 5) is 15.4. The molecule has 0 amide bonds. The second-order valence-electron chi connectivity index (χ2n) is 16.3. The van der Waals surface area contributed by atoms with Crippen LogP contribution in [0, 0.1) is 0 Å². The van der Waals surface area contributed by atoms with E-state index in [2.05, 4.69) is 187 Å². The highest BCUT2D eigenvalue weighted by atomic mass is 15.0. The zero-order chi connectivity index (χ0) is 40.8. The molecular formula is C58H36N4. The van der Waals surface area contributed by atoms with Gasteiger partial charge in [-0.2, -0.15) is 0 Å². The maximum atomic E-state index is 5.18. The lowest BCUT2D eigenvalue weighted by molar-refractivity contribution is 0.794. The first kappa shape index (κ1) is 34.6. The van der Waals surface area contributed by atoms with E-state index in [1.807, 2.05) is 36.4 Å². The molecule has 2 aliphatic rings. The number of nitrogens with zero attached hydrogens (tertiary/aromatic N) is 4. The van der Waals surface area contributed by atoms with Gasteiger partial charge in [0.2, 0.25) is 0 Å². The number of benzene rings is 9. The minimum atomic E-state index is -0.565. The monoisotopic (exact) mass is 788 g/mol. The van der Waals surface area contributed by atoms with Crippen molar-refractivity contribution >= 4 is 21.8 Å². The Morgan fingerprint density at radius 3 is 1.35 bits per heavy atom. The number of para-hydroxylation sites is 2. The van der Waals surface area contributed by atoms with Crippen molar-refractivity contribution in [2.24, 2.45) is 0 Å². The average Bonchev–Trinajstić information content (AvgIpc) is 3.95. The van der Waals surface area contributed by atoms with Crippen LogP contribution in [0.5, 0.6) is 0 Å². The van der Waals surface area contributed by atoms with E-state index < -0.39 is 5.41 Å². The van der Waals surface area contributed by atoms with E-state index in [4.69, 9.17) is 15.0 Å². The van der Waals surface area contributed by atoms with Crippen molar-refractivity contribution in [1.29, 1.82) is 0 Å². The lowest BCUT2D eigenvalue weighted by Crippen LogP contribution is -2.26. The van der Waals surface area contributed by atoms with Crippen LogP contribution in [0.3, 0.4) is 0 Å². The van der Waals surface area contributed by atoms with E-state index in [1.165, 1.54) is 77.4 Å². The topological polar surface area (TPSA) is 43.6 Å². The standard InChI is InChI=1S/C58H36N4/c1-4-16-37(17-5-1)55-59-56(38-18-6-2-7-19-38)61-57(60-55)41-30-32-46-44-23-11-14-26-50(44)58(52(46)35-41)49-25-13-10-22-43(49)45-31-28-39(34-51(45)58)40-29-33-48-47-24-12-15-27-53(47)62(54(48)36-40)42-20-8-3-9-21-42/h1-36H. The molecule has 1 spiro atoms. The second kappa shape index (κ2) is 13.4. The molecule has 0 saturated heterocycles. The Hall–Kier alpha value is -8.21. The predicted octanol–water partition coefficient (Wildman–Crippen LogP) is 14.0. The predicted molar refractivity (Wildman–Crippen MR) is 252 cm³/mol. The van der Waals surface area contributed by atoms with Gasteiger partial charge in [0.15, 0.2) is 17.5 Å². The molecule has 0 fully saturated rings. The molecule has 2 aromatic heterocycles. The quantitative estimate of drug-likeness (QED) is 0.174. The average molecular weight is 789 g/mol. The van der Waals surface area contributed by atoms with Crippen molar-refractivity contribution < 1.29 is 0 Å². The molecule has 4 nitrogen and oxygen atoms in total. The van der Waals surface area contributed by atoms with Gasteiger partial charge in [-0.3, -0.25) is 0 Å². The molecule has 0 N–H and O–H groups in total. The molecule has 4 heteroatoms. The molecule has 13 rings (SSSR count). The Bertz CT molecular complexity index is 3500. The highest BCUT2D eigenvalue weighted by Crippen LogP contribution is 2.63. The maximum Gasteiger partial charge on any atom is 0.164 e. The second-order valence-corrected chi connectivity index (χ2v) is 16.3. The summed E-state index contributed by atoms with van der Waals surface area (Å²) in [6, 6.07) is 78.7. The SMILES string of the molecule is c1ccc(-c2nc(-c3ccccc3)nc(-c3ccc4c(c3)C3(c5ccccc5-c5ccc(-c6ccc7c8ccccc8n(-c8ccccc8)c7c6)cc53)c3ccccc3-4)n2)cc1. The molecule has 0 radical (unpaired) electrons. The van der Waals surface area contributed by atoms with Crippen LogP contribution in [-0.2, 0) is 5.41 Å². The summed E-state index contributed by atoms with van der Waals surface area (Å²) in [5.74, 6) is 1.95. The van der Waals surface area contributed by atoms with Gasteiger partial charge in [0.1, 0.15) is 0 Å². The van der Waals surface area contributed by atoms with Crippen molar-refractivity contribution in [2.45, 2.75) is 5.41 Å². The number of aromatic nitrogens is 4. The molecule has 0 aliphatic heterocycles. The first-order chi connectivity index (χ1) is 30.7. The smallest absolute Gasteiger partial charge is 0.164 e. The molecule has 9 aromatic carbocycles. The molecule has 288 valence electrons. The fraction of sp³-hybridized carbons (Fsp3) is 0.0172. The Balaban J connectivity index is 1.04. The first-order valence-corrected chi connectivity index (χ1v) is 21.2. The van der Waals surface area contributed by atoms with Gasteiger partial charge in [0, 0.05) is 33.2 Å². The van der Waals surface area contributed by atoms with Crippen LogP contribution in [-0.4, -0.2) is 19.5 Å². The molecule has 1 unspecified atom stereocenters. The largest absolute Gasteiger partial charge is 0.309 e. The minimum Gasteiger partial charge on any atom is -0.309 e. The van der Waals surface area contributed by atoms with Gasteiger partial charge >= 0.3 is 0 Å². The maximum absolute atomic E-state index is 5.18. The first-order valence-electron chi connectivity index (χ1n) is 21.2. The highest BCUT2D eigenvalue weighted by Gasteiger charge is 2.51. The molecule has 0 bridgehead atoms. The van der Waals surface area contributed by atoms with Gasteiger partial charge < -0.3 is 4.57 Å². The van der Waals surface area contributed by atoms with Crippen LogP contribution in [0.15, 0.2) is 218 Å². The number of hydrogen-bond acceptors (Lipinski definition) is 3. The number of fused-ring (bicyclic) bond motifs is 13. The van der Waals surface area contributed by atoms with E-state index in [-0.39, 0.29) is 0 Å².